The van der Waals surface area contributed by atoms with Crippen molar-refractivity contribution in [1.82, 2.24) is 9.78 Å². The van der Waals surface area contributed by atoms with Crippen LogP contribution in [0.4, 0.5) is 5.69 Å². The molecule has 0 fully saturated rings. The number of rotatable bonds is 3. The average molecular weight is 481 g/mol. The molecule has 0 aliphatic heterocycles. The molecule has 0 aliphatic rings. The Labute approximate surface area is 175 Å². The van der Waals surface area contributed by atoms with Gasteiger partial charge < -0.3 is 5.32 Å². The van der Waals surface area contributed by atoms with Gasteiger partial charge in [0.2, 0.25) is 0 Å². The van der Waals surface area contributed by atoms with Gasteiger partial charge in [-0.25, -0.2) is 0 Å². The number of halogens is 1. The summed E-state index contributed by atoms with van der Waals surface area (Å²) in [5.74, 6) is -0.356. The third-order valence-corrected chi connectivity index (χ3v) is 5.13. The molecule has 28 heavy (non-hydrogen) atoms. The van der Waals surface area contributed by atoms with Crippen molar-refractivity contribution in [3.63, 3.8) is 0 Å². The van der Waals surface area contributed by atoms with Crippen molar-refractivity contribution >= 4 is 45.0 Å². The number of hydrogen-bond acceptors (Lipinski definition) is 3. The van der Waals surface area contributed by atoms with Crippen molar-refractivity contribution in [3.8, 4) is 5.69 Å². The maximum Gasteiger partial charge on any atom is 0.279 e. The van der Waals surface area contributed by atoms with Gasteiger partial charge in [-0.3, -0.25) is 9.59 Å². The van der Waals surface area contributed by atoms with E-state index in [0.29, 0.717) is 22.1 Å². The molecule has 0 atom stereocenters. The molecule has 6 heteroatoms. The van der Waals surface area contributed by atoms with Crippen molar-refractivity contribution < 1.29 is 4.79 Å². The lowest BCUT2D eigenvalue weighted by molar-refractivity contribution is 0.102. The number of benzene rings is 3. The minimum Gasteiger partial charge on any atom is -0.320 e. The summed E-state index contributed by atoms with van der Waals surface area (Å²) in [5, 5.41) is 8.31. The lowest BCUT2D eigenvalue weighted by atomic mass is 10.1. The highest BCUT2D eigenvalue weighted by Crippen LogP contribution is 2.20. The molecule has 0 spiro atoms. The van der Waals surface area contributed by atoms with E-state index in [-0.39, 0.29) is 17.2 Å². The molecule has 3 aromatic carbocycles. The Morgan fingerprint density at radius 3 is 2.36 bits per heavy atom. The molecule has 0 saturated carbocycles. The number of para-hydroxylation sites is 1. The minimum atomic E-state index is -0.356. The fourth-order valence-electron chi connectivity index (χ4n) is 3.05. The van der Waals surface area contributed by atoms with Gasteiger partial charge in [0.05, 0.1) is 11.1 Å². The number of carbonyl (C=O) groups is 1. The van der Waals surface area contributed by atoms with Gasteiger partial charge in [0, 0.05) is 14.6 Å². The molecular weight excluding hydrogens is 465 g/mol. The van der Waals surface area contributed by atoms with Crippen molar-refractivity contribution in [2.75, 3.05) is 5.32 Å². The molecule has 1 N–H and O–H groups in total. The summed E-state index contributed by atoms with van der Waals surface area (Å²) < 4.78 is 2.37. The first-order chi connectivity index (χ1) is 13.5. The maximum absolute atomic E-state index is 13.1. The molecule has 0 bridgehead atoms. The van der Waals surface area contributed by atoms with E-state index in [1.165, 1.54) is 4.68 Å². The van der Waals surface area contributed by atoms with Crippen LogP contribution >= 0.6 is 22.6 Å². The molecular formula is C22H16IN3O2. The lowest BCUT2D eigenvalue weighted by Crippen LogP contribution is -2.26. The van der Waals surface area contributed by atoms with Gasteiger partial charge in [-0.1, -0.05) is 36.4 Å². The van der Waals surface area contributed by atoms with Crippen LogP contribution in [0.1, 0.15) is 16.1 Å². The van der Waals surface area contributed by atoms with Gasteiger partial charge in [-0.2, -0.15) is 9.78 Å². The standard InChI is InChI=1S/C22H16IN3O2/c1-14-13-15(23)11-12-19(14)24-21(27)20-17-9-5-6-10-18(17)22(28)26(25-20)16-7-3-2-4-8-16/h2-13H,1H3,(H,24,27). The minimum absolute atomic E-state index is 0.206. The fraction of sp³-hybridized carbons (Fsp3) is 0.0455. The number of anilines is 1. The molecule has 0 radical (unpaired) electrons. The largest absolute Gasteiger partial charge is 0.320 e. The van der Waals surface area contributed by atoms with E-state index in [1.807, 2.05) is 43.3 Å². The highest BCUT2D eigenvalue weighted by atomic mass is 127. The summed E-state index contributed by atoms with van der Waals surface area (Å²) in [6, 6.07) is 21.9. The van der Waals surface area contributed by atoms with Crippen molar-refractivity contribution in [1.29, 1.82) is 0 Å². The molecule has 1 heterocycles. The predicted molar refractivity (Wildman–Crippen MR) is 119 cm³/mol. The Morgan fingerprint density at radius 1 is 0.964 bits per heavy atom. The van der Waals surface area contributed by atoms with Crippen molar-refractivity contribution in [3.05, 3.63) is 98.0 Å². The van der Waals surface area contributed by atoms with Crippen LogP contribution in [0, 0.1) is 10.5 Å². The van der Waals surface area contributed by atoms with Crippen LogP contribution in [0.3, 0.4) is 0 Å². The monoisotopic (exact) mass is 481 g/mol. The zero-order valence-corrected chi connectivity index (χ0v) is 17.2. The summed E-state index contributed by atoms with van der Waals surface area (Å²) in [5.41, 5.74) is 2.23. The Hall–Kier alpha value is -3.00. The van der Waals surface area contributed by atoms with Crippen LogP contribution in [0.25, 0.3) is 16.5 Å². The third kappa shape index (κ3) is 3.43. The summed E-state index contributed by atoms with van der Waals surface area (Å²) in [6.45, 7) is 1.94. The lowest BCUT2D eigenvalue weighted by Gasteiger charge is -2.12. The quantitative estimate of drug-likeness (QED) is 0.437. The Morgan fingerprint density at radius 2 is 1.64 bits per heavy atom. The molecule has 0 aliphatic carbocycles. The number of nitrogens with zero attached hydrogens (tertiary/aromatic N) is 2. The zero-order valence-electron chi connectivity index (χ0n) is 15.0. The second-order valence-electron chi connectivity index (χ2n) is 6.36. The maximum atomic E-state index is 13.1. The number of hydrogen-bond donors (Lipinski definition) is 1. The summed E-state index contributed by atoms with van der Waals surface area (Å²) in [6.07, 6.45) is 0. The average Bonchev–Trinajstić information content (AvgIpc) is 2.71. The predicted octanol–water partition coefficient (Wildman–Crippen LogP) is 4.55. The zero-order chi connectivity index (χ0) is 19.7. The fourth-order valence-corrected chi connectivity index (χ4v) is 3.70. The van der Waals surface area contributed by atoms with E-state index in [4.69, 9.17) is 0 Å². The summed E-state index contributed by atoms with van der Waals surface area (Å²) in [7, 11) is 0. The van der Waals surface area contributed by atoms with E-state index >= 15 is 0 Å². The summed E-state index contributed by atoms with van der Waals surface area (Å²) >= 11 is 2.23. The molecule has 4 aromatic rings. The van der Waals surface area contributed by atoms with Crippen molar-refractivity contribution in [2.45, 2.75) is 6.92 Å². The highest BCUT2D eigenvalue weighted by Gasteiger charge is 2.18. The Kier molecular flexibility index (Phi) is 4.95. The van der Waals surface area contributed by atoms with Gasteiger partial charge in [0.25, 0.3) is 11.5 Å². The molecule has 1 aromatic heterocycles. The molecule has 5 nitrogen and oxygen atoms in total. The number of fused-ring (bicyclic) bond motifs is 1. The van der Waals surface area contributed by atoms with Crippen LogP contribution < -0.4 is 10.9 Å². The molecule has 138 valence electrons. The van der Waals surface area contributed by atoms with Crippen molar-refractivity contribution in [2.24, 2.45) is 0 Å². The van der Waals surface area contributed by atoms with E-state index in [9.17, 15) is 9.59 Å². The van der Waals surface area contributed by atoms with Gasteiger partial charge >= 0.3 is 0 Å². The van der Waals surface area contributed by atoms with Gasteiger partial charge in [-0.15, -0.1) is 0 Å². The van der Waals surface area contributed by atoms with E-state index in [0.717, 1.165) is 9.13 Å². The third-order valence-electron chi connectivity index (χ3n) is 4.46. The van der Waals surface area contributed by atoms with Crippen LogP contribution in [0.5, 0.6) is 0 Å². The van der Waals surface area contributed by atoms with Gasteiger partial charge in [-0.05, 0) is 71.5 Å². The normalized spacial score (nSPS) is 10.8. The number of carbonyl (C=O) groups excluding carboxylic acids is 1. The van der Waals surface area contributed by atoms with Gasteiger partial charge in [0.15, 0.2) is 5.69 Å². The topological polar surface area (TPSA) is 64.0 Å². The van der Waals surface area contributed by atoms with Crippen LogP contribution in [-0.4, -0.2) is 15.7 Å². The second kappa shape index (κ2) is 7.55. The van der Waals surface area contributed by atoms with Crippen LogP contribution in [0.15, 0.2) is 77.6 Å². The number of amides is 1. The van der Waals surface area contributed by atoms with E-state index < -0.39 is 0 Å². The first-order valence-electron chi connectivity index (χ1n) is 8.69. The van der Waals surface area contributed by atoms with E-state index in [1.54, 1.807) is 36.4 Å². The molecule has 0 saturated heterocycles. The van der Waals surface area contributed by atoms with E-state index in [2.05, 4.69) is 33.0 Å². The number of nitrogens with one attached hydrogen (secondary N) is 1. The van der Waals surface area contributed by atoms with Crippen LogP contribution in [0.2, 0.25) is 0 Å². The molecule has 0 unspecified atom stereocenters. The van der Waals surface area contributed by atoms with Gasteiger partial charge in [0.1, 0.15) is 0 Å². The highest BCUT2D eigenvalue weighted by molar-refractivity contribution is 14.1. The number of aryl methyl sites for hydroxylation is 1. The Bertz CT molecular complexity index is 1250. The Balaban J connectivity index is 1.87. The number of aromatic nitrogens is 2. The summed E-state index contributed by atoms with van der Waals surface area (Å²) in [4.78, 5) is 26.0. The smallest absolute Gasteiger partial charge is 0.279 e. The SMILES string of the molecule is Cc1cc(I)ccc1NC(=O)c1nn(-c2ccccc2)c(=O)c2ccccc12. The first kappa shape index (κ1) is 18.4. The molecule has 1 amide bonds. The molecule has 4 rings (SSSR count). The van der Waals surface area contributed by atoms with Crippen LogP contribution in [-0.2, 0) is 0 Å². The second-order valence-corrected chi connectivity index (χ2v) is 7.61. The first-order valence-corrected chi connectivity index (χ1v) is 9.77.